The van der Waals surface area contributed by atoms with Crippen LogP contribution in [0.25, 0.3) is 11.2 Å². The first-order valence-corrected chi connectivity index (χ1v) is 7.39. The van der Waals surface area contributed by atoms with E-state index >= 15 is 0 Å². The molecule has 21 heavy (non-hydrogen) atoms. The lowest BCUT2D eigenvalue weighted by Crippen LogP contribution is -2.29. The number of hydrogen-bond donors (Lipinski definition) is 2. The van der Waals surface area contributed by atoms with E-state index in [1.165, 1.54) is 4.57 Å². The van der Waals surface area contributed by atoms with Gasteiger partial charge in [0.2, 0.25) is 5.95 Å². The maximum atomic E-state index is 12.1. The average molecular weight is 293 g/mol. The summed E-state index contributed by atoms with van der Waals surface area (Å²) in [6.07, 6.45) is 2.11. The van der Waals surface area contributed by atoms with Gasteiger partial charge in [0.1, 0.15) is 0 Å². The fourth-order valence-electron chi connectivity index (χ4n) is 2.29. The highest BCUT2D eigenvalue weighted by atomic mass is 16.2. The van der Waals surface area contributed by atoms with Crippen LogP contribution in [0.4, 0.5) is 5.95 Å². The number of fused-ring (bicyclic) bond motifs is 1. The van der Waals surface area contributed by atoms with Gasteiger partial charge >= 0.3 is 5.69 Å². The molecule has 2 aromatic rings. The molecule has 0 aliphatic heterocycles. The Balaban J connectivity index is 2.61. The van der Waals surface area contributed by atoms with Gasteiger partial charge in [-0.05, 0) is 12.3 Å². The third-order valence-corrected chi connectivity index (χ3v) is 3.37. The number of hydrogen-bond acceptors (Lipinski definition) is 4. The quantitative estimate of drug-likeness (QED) is 0.786. The molecular weight excluding hydrogens is 270 g/mol. The fourth-order valence-corrected chi connectivity index (χ4v) is 2.29. The van der Waals surface area contributed by atoms with E-state index in [0.717, 1.165) is 19.4 Å². The van der Waals surface area contributed by atoms with Gasteiger partial charge in [0.15, 0.2) is 11.2 Å². The molecule has 7 nitrogen and oxygen atoms in total. The van der Waals surface area contributed by atoms with Crippen LogP contribution in [0.2, 0.25) is 0 Å². The van der Waals surface area contributed by atoms with Gasteiger partial charge in [-0.25, -0.2) is 4.79 Å². The van der Waals surface area contributed by atoms with Crippen LogP contribution in [-0.2, 0) is 13.6 Å². The third kappa shape index (κ3) is 3.01. The number of aromatic nitrogens is 4. The maximum absolute atomic E-state index is 12.1. The Bertz CT molecular complexity index is 738. The zero-order valence-electron chi connectivity index (χ0n) is 13.1. The molecule has 116 valence electrons. The summed E-state index contributed by atoms with van der Waals surface area (Å²) in [5.41, 5.74) is 0.0415. The van der Waals surface area contributed by atoms with E-state index in [0.29, 0.717) is 29.6 Å². The van der Waals surface area contributed by atoms with E-state index in [-0.39, 0.29) is 5.56 Å². The first-order valence-electron chi connectivity index (χ1n) is 7.39. The van der Waals surface area contributed by atoms with Crippen molar-refractivity contribution in [1.82, 2.24) is 19.1 Å². The Labute approximate surface area is 123 Å². The van der Waals surface area contributed by atoms with Crippen molar-refractivity contribution in [2.75, 3.05) is 11.9 Å². The summed E-state index contributed by atoms with van der Waals surface area (Å²) in [7, 11) is 1.61. The summed E-state index contributed by atoms with van der Waals surface area (Å²) in [6.45, 7) is 7.75. The third-order valence-electron chi connectivity index (χ3n) is 3.37. The molecule has 0 unspecified atom stereocenters. The Morgan fingerprint density at radius 1 is 1.33 bits per heavy atom. The summed E-state index contributed by atoms with van der Waals surface area (Å²) in [5, 5.41) is 3.27. The number of H-pyrrole nitrogens is 1. The highest BCUT2D eigenvalue weighted by Gasteiger charge is 2.17. The number of rotatable bonds is 6. The highest BCUT2D eigenvalue weighted by Crippen LogP contribution is 2.17. The normalized spacial score (nSPS) is 11.5. The zero-order valence-corrected chi connectivity index (χ0v) is 13.1. The zero-order chi connectivity index (χ0) is 15.6. The molecule has 0 saturated carbocycles. The van der Waals surface area contributed by atoms with E-state index in [9.17, 15) is 9.59 Å². The summed E-state index contributed by atoms with van der Waals surface area (Å²) < 4.78 is 3.24. The molecule has 0 spiro atoms. The molecule has 2 rings (SSSR count). The Hall–Kier alpha value is -2.05. The molecule has 2 N–H and O–H groups in total. The van der Waals surface area contributed by atoms with Crippen LogP contribution in [0.3, 0.4) is 0 Å². The first kappa shape index (κ1) is 15.3. The van der Waals surface area contributed by atoms with Gasteiger partial charge in [-0.1, -0.05) is 27.2 Å². The van der Waals surface area contributed by atoms with Crippen molar-refractivity contribution >= 4 is 17.1 Å². The molecule has 0 radical (unpaired) electrons. The molecule has 2 aromatic heterocycles. The predicted octanol–water partition coefficient (Wildman–Crippen LogP) is 1.29. The largest absolute Gasteiger partial charge is 0.356 e. The Morgan fingerprint density at radius 2 is 2.05 bits per heavy atom. The van der Waals surface area contributed by atoms with Crippen molar-refractivity contribution < 1.29 is 0 Å². The topological polar surface area (TPSA) is 84.7 Å². The van der Waals surface area contributed by atoms with Gasteiger partial charge < -0.3 is 9.88 Å². The number of aryl methyl sites for hydroxylation is 1. The van der Waals surface area contributed by atoms with E-state index in [1.807, 2.05) is 4.57 Å². The summed E-state index contributed by atoms with van der Waals surface area (Å²) in [6, 6.07) is 0. The standard InChI is InChI=1S/C14H23N5O2/c1-5-6-7-15-13-16-11-10(19(13)8-9(2)3)12(20)17-14(21)18(11)4/h9H,5-8H2,1-4H3,(H,15,16)(H,17,20,21). The molecule has 0 aromatic carbocycles. The van der Waals surface area contributed by atoms with E-state index in [1.54, 1.807) is 7.05 Å². The minimum Gasteiger partial charge on any atom is -0.356 e. The minimum atomic E-state index is -0.443. The number of imidazole rings is 1. The van der Waals surface area contributed by atoms with Crippen LogP contribution in [0.15, 0.2) is 9.59 Å². The van der Waals surface area contributed by atoms with Crippen LogP contribution in [0.5, 0.6) is 0 Å². The van der Waals surface area contributed by atoms with Crippen LogP contribution < -0.4 is 16.6 Å². The second-order valence-corrected chi connectivity index (χ2v) is 5.71. The Morgan fingerprint density at radius 3 is 2.67 bits per heavy atom. The van der Waals surface area contributed by atoms with E-state index in [4.69, 9.17) is 0 Å². The van der Waals surface area contributed by atoms with Crippen LogP contribution in [0, 0.1) is 5.92 Å². The van der Waals surface area contributed by atoms with Crippen molar-refractivity contribution in [3.05, 3.63) is 20.8 Å². The van der Waals surface area contributed by atoms with Crippen molar-refractivity contribution in [2.24, 2.45) is 13.0 Å². The van der Waals surface area contributed by atoms with Gasteiger partial charge in [0.05, 0.1) is 0 Å². The van der Waals surface area contributed by atoms with E-state index in [2.05, 4.69) is 36.1 Å². The first-order chi connectivity index (χ1) is 9.95. The molecule has 0 saturated heterocycles. The molecule has 7 heteroatoms. The summed E-state index contributed by atoms with van der Waals surface area (Å²) in [5.74, 6) is 1.02. The molecule has 0 fully saturated rings. The average Bonchev–Trinajstić information content (AvgIpc) is 2.75. The second-order valence-electron chi connectivity index (χ2n) is 5.71. The lowest BCUT2D eigenvalue weighted by molar-refractivity contribution is 0.534. The highest BCUT2D eigenvalue weighted by molar-refractivity contribution is 5.74. The van der Waals surface area contributed by atoms with Crippen LogP contribution >= 0.6 is 0 Å². The Kier molecular flexibility index (Phi) is 4.50. The van der Waals surface area contributed by atoms with Crippen LogP contribution in [-0.4, -0.2) is 25.6 Å². The molecule has 0 amide bonds. The number of aromatic amines is 1. The molecule has 0 aliphatic carbocycles. The predicted molar refractivity (Wildman–Crippen MR) is 83.8 cm³/mol. The second kappa shape index (κ2) is 6.15. The molecular formula is C14H23N5O2. The molecule has 2 heterocycles. The van der Waals surface area contributed by atoms with Gasteiger partial charge in [0, 0.05) is 20.1 Å². The lowest BCUT2D eigenvalue weighted by atomic mass is 10.2. The van der Waals surface area contributed by atoms with Gasteiger partial charge in [0.25, 0.3) is 5.56 Å². The minimum absolute atomic E-state index is 0.366. The van der Waals surface area contributed by atoms with Gasteiger partial charge in [-0.15, -0.1) is 0 Å². The van der Waals surface area contributed by atoms with Crippen molar-refractivity contribution in [1.29, 1.82) is 0 Å². The van der Waals surface area contributed by atoms with Crippen molar-refractivity contribution in [3.63, 3.8) is 0 Å². The van der Waals surface area contributed by atoms with Crippen LogP contribution in [0.1, 0.15) is 33.6 Å². The molecule has 0 bridgehead atoms. The molecule has 0 atom stereocenters. The maximum Gasteiger partial charge on any atom is 0.329 e. The van der Waals surface area contributed by atoms with Gasteiger partial charge in [-0.2, -0.15) is 4.98 Å². The monoisotopic (exact) mass is 293 g/mol. The number of anilines is 1. The summed E-state index contributed by atoms with van der Waals surface area (Å²) >= 11 is 0. The number of unbranched alkanes of at least 4 members (excludes halogenated alkanes) is 1. The van der Waals surface area contributed by atoms with Crippen molar-refractivity contribution in [2.45, 2.75) is 40.2 Å². The van der Waals surface area contributed by atoms with Crippen molar-refractivity contribution in [3.8, 4) is 0 Å². The number of nitrogens with one attached hydrogen (secondary N) is 2. The summed E-state index contributed by atoms with van der Waals surface area (Å²) in [4.78, 5) is 30.6. The molecule has 0 aliphatic rings. The van der Waals surface area contributed by atoms with E-state index < -0.39 is 5.69 Å². The SMILES string of the molecule is CCCCNc1nc2c(c(=O)[nH]c(=O)n2C)n1CC(C)C. The van der Waals surface area contributed by atoms with Gasteiger partial charge in [-0.3, -0.25) is 14.3 Å². The number of nitrogens with zero attached hydrogens (tertiary/aromatic N) is 3. The smallest absolute Gasteiger partial charge is 0.329 e. The lowest BCUT2D eigenvalue weighted by Gasteiger charge is -2.12. The fraction of sp³-hybridized carbons (Fsp3) is 0.643.